The number of nitrogens with one attached hydrogen (secondary N) is 2. The molecule has 65 heavy (non-hydrogen) atoms. The third-order valence-electron chi connectivity index (χ3n) is 12.8. The van der Waals surface area contributed by atoms with Gasteiger partial charge in [0, 0.05) is 99.9 Å². The Labute approximate surface area is 385 Å². The van der Waals surface area contributed by atoms with Crippen molar-refractivity contribution in [2.24, 2.45) is 11.3 Å². The van der Waals surface area contributed by atoms with Gasteiger partial charge in [-0.15, -0.1) is 11.3 Å². The van der Waals surface area contributed by atoms with Crippen LogP contribution in [0.3, 0.4) is 0 Å². The van der Waals surface area contributed by atoms with E-state index >= 15 is 0 Å². The van der Waals surface area contributed by atoms with Gasteiger partial charge < -0.3 is 29.2 Å². The number of sulfonamides is 1. The molecule has 2 fully saturated rings. The second-order valence-corrected chi connectivity index (χ2v) is 22.1. The van der Waals surface area contributed by atoms with Crippen molar-refractivity contribution in [2.45, 2.75) is 103 Å². The normalized spacial score (nSPS) is 20.6. The number of rotatable bonds is 10. The Morgan fingerprint density at radius 1 is 1.12 bits per heavy atom. The number of aryl methyl sites for hydroxylation is 1. The number of thiazole rings is 1. The number of carbonyl (C=O) groups is 4. The van der Waals surface area contributed by atoms with Crippen LogP contribution in [0.2, 0.25) is 0 Å². The van der Waals surface area contributed by atoms with Crippen molar-refractivity contribution in [1.82, 2.24) is 44.4 Å². The van der Waals surface area contributed by atoms with Crippen LogP contribution < -0.4 is 10.7 Å². The zero-order valence-electron chi connectivity index (χ0n) is 39.1. The van der Waals surface area contributed by atoms with E-state index in [4.69, 9.17) is 19.4 Å². The van der Waals surface area contributed by atoms with Gasteiger partial charge in [0.2, 0.25) is 15.9 Å². The molecule has 19 heteroatoms. The predicted octanol–water partition coefficient (Wildman–Crippen LogP) is 4.85. The molecule has 0 radical (unpaired) electrons. The number of pyridine rings is 1. The molecule has 4 aromatic rings. The van der Waals surface area contributed by atoms with E-state index < -0.39 is 62.6 Å². The molecule has 17 nitrogen and oxygen atoms in total. The molecule has 6 heterocycles. The van der Waals surface area contributed by atoms with Crippen LogP contribution in [-0.4, -0.2) is 144 Å². The van der Waals surface area contributed by atoms with E-state index in [0.29, 0.717) is 37.4 Å². The maximum Gasteiger partial charge on any atom is 0.324 e. The average Bonchev–Trinajstić information content (AvgIpc) is 3.85. The summed E-state index contributed by atoms with van der Waals surface area (Å²) in [7, 11) is 2.54. The summed E-state index contributed by atoms with van der Waals surface area (Å²) in [5.41, 5.74) is 9.12. The molecule has 3 aromatic heterocycles. The molecule has 4 atom stereocenters. The van der Waals surface area contributed by atoms with Crippen LogP contribution in [0.1, 0.15) is 76.8 Å². The SMILES string of the molecule is CCn1c(-c2cccnc2[C@H](C)OC)c2c3cc(ccc31)-c1csc(n1)C[C@H](NC(=O)[C@H](C(C)C)N(C)C(=O)N1CC(S(=O)(=O)N(C)C)C1)C(=O)N1CCC[C@H](N1)C(=O)OCC(C)(C)C2. The average molecular weight is 934 g/mol. The van der Waals surface area contributed by atoms with Crippen LogP contribution >= 0.6 is 11.3 Å². The van der Waals surface area contributed by atoms with Crippen molar-refractivity contribution in [3.63, 3.8) is 0 Å². The standard InChI is InChI=1S/C46H63N9O8S2/c1-11-54-37-17-16-29-20-32(37)33(41(54)31-14-12-18-47-39(31)28(4)62-10)22-46(5,6)26-63-44(58)34-15-13-19-55(50-34)43(57)35(21-38-48-36(29)25-64-38)49-42(56)40(27(2)3)52(9)45(59)53-23-30(24-53)65(60,61)51(7)8/h12,14,16-18,20,25,27-28,30,34-35,40,50H,11,13,15,19,21-24,26H2,1-10H3,(H,49,56)/t28-,34-,35-,40-/m0/s1. The van der Waals surface area contributed by atoms with Crippen molar-refractivity contribution in [1.29, 1.82) is 0 Å². The van der Waals surface area contributed by atoms with E-state index in [1.807, 2.05) is 38.3 Å². The number of likely N-dealkylation sites (tertiary alicyclic amines) is 1. The minimum Gasteiger partial charge on any atom is -0.464 e. The van der Waals surface area contributed by atoms with Gasteiger partial charge in [0.25, 0.3) is 5.91 Å². The highest BCUT2D eigenvalue weighted by Crippen LogP contribution is 2.42. The van der Waals surface area contributed by atoms with Gasteiger partial charge in [-0.05, 0) is 68.9 Å². The van der Waals surface area contributed by atoms with Gasteiger partial charge in [-0.1, -0.05) is 33.8 Å². The first kappa shape index (κ1) is 48.0. The number of hydrogen-bond donors (Lipinski definition) is 2. The number of hydrazine groups is 1. The Kier molecular flexibility index (Phi) is 14.1. The smallest absolute Gasteiger partial charge is 0.324 e. The Hall–Kier alpha value is -4.95. The molecule has 7 rings (SSSR count). The first-order valence-corrected chi connectivity index (χ1v) is 24.7. The van der Waals surface area contributed by atoms with Crippen LogP contribution in [0.15, 0.2) is 41.9 Å². The summed E-state index contributed by atoms with van der Waals surface area (Å²) >= 11 is 1.38. The fourth-order valence-electron chi connectivity index (χ4n) is 9.17. The summed E-state index contributed by atoms with van der Waals surface area (Å²) < 4.78 is 40.7. The molecule has 2 N–H and O–H groups in total. The van der Waals surface area contributed by atoms with Crippen molar-refractivity contribution < 1.29 is 37.1 Å². The van der Waals surface area contributed by atoms with Crippen molar-refractivity contribution in [3.8, 4) is 22.5 Å². The third kappa shape index (κ3) is 9.66. The van der Waals surface area contributed by atoms with Crippen LogP contribution in [0.5, 0.6) is 0 Å². The molecule has 3 aliphatic rings. The number of urea groups is 1. The van der Waals surface area contributed by atoms with Crippen molar-refractivity contribution in [2.75, 3.05) is 54.5 Å². The van der Waals surface area contributed by atoms with Gasteiger partial charge in [0.15, 0.2) is 0 Å². The number of nitrogens with zero attached hydrogens (tertiary/aromatic N) is 7. The van der Waals surface area contributed by atoms with E-state index in [1.54, 1.807) is 13.3 Å². The van der Waals surface area contributed by atoms with Gasteiger partial charge in [-0.3, -0.25) is 24.4 Å². The highest BCUT2D eigenvalue weighted by molar-refractivity contribution is 7.89. The van der Waals surface area contributed by atoms with Gasteiger partial charge in [-0.2, -0.15) is 0 Å². The zero-order valence-corrected chi connectivity index (χ0v) is 40.7. The lowest BCUT2D eigenvalue weighted by Crippen LogP contribution is -2.65. The Morgan fingerprint density at radius 2 is 1.86 bits per heavy atom. The van der Waals surface area contributed by atoms with Gasteiger partial charge in [-0.25, -0.2) is 27.9 Å². The van der Waals surface area contributed by atoms with Crippen LogP contribution in [0, 0.1) is 11.3 Å². The van der Waals surface area contributed by atoms with E-state index in [0.717, 1.165) is 49.0 Å². The second-order valence-electron chi connectivity index (χ2n) is 18.7. The topological polar surface area (TPSA) is 189 Å². The lowest BCUT2D eigenvalue weighted by Gasteiger charge is -2.43. The van der Waals surface area contributed by atoms with Gasteiger partial charge in [0.1, 0.15) is 23.4 Å². The summed E-state index contributed by atoms with van der Waals surface area (Å²) in [5.74, 6) is -1.86. The number of esters is 1. The summed E-state index contributed by atoms with van der Waals surface area (Å²) in [6.45, 7) is 13.0. The first-order chi connectivity index (χ1) is 30.8. The number of amides is 4. The number of likely N-dealkylation sites (N-methyl/N-ethyl adjacent to an activating group) is 1. The summed E-state index contributed by atoms with van der Waals surface area (Å²) in [6, 6.07) is 6.92. The van der Waals surface area contributed by atoms with Crippen molar-refractivity contribution in [3.05, 3.63) is 58.2 Å². The quantitative estimate of drug-likeness (QED) is 0.207. The number of hydrogen-bond acceptors (Lipinski definition) is 12. The zero-order chi connectivity index (χ0) is 47.1. The maximum absolute atomic E-state index is 14.6. The first-order valence-electron chi connectivity index (χ1n) is 22.3. The molecule has 0 aliphatic carbocycles. The largest absolute Gasteiger partial charge is 0.464 e. The molecule has 0 spiro atoms. The number of aromatic nitrogens is 3. The molecule has 1 aromatic carbocycles. The Balaban J connectivity index is 1.25. The van der Waals surface area contributed by atoms with Gasteiger partial charge in [0.05, 0.1) is 34.8 Å². The molecular weight excluding hydrogens is 871 g/mol. The molecular formula is C46H63N9O8S2. The maximum atomic E-state index is 14.6. The molecule has 2 saturated heterocycles. The van der Waals surface area contributed by atoms with Crippen LogP contribution in [-0.2, 0) is 53.3 Å². The lowest BCUT2D eigenvalue weighted by atomic mass is 9.84. The van der Waals surface area contributed by atoms with Crippen molar-refractivity contribution >= 4 is 56.1 Å². The summed E-state index contributed by atoms with van der Waals surface area (Å²) in [4.78, 5) is 69.1. The van der Waals surface area contributed by atoms with Gasteiger partial charge >= 0.3 is 12.0 Å². The fraction of sp³-hybridized carbons (Fsp3) is 0.565. The number of carbonyl (C=O) groups excluding carboxylic acids is 4. The van der Waals surface area contributed by atoms with E-state index in [2.05, 4.69) is 54.3 Å². The predicted molar refractivity (Wildman–Crippen MR) is 249 cm³/mol. The second kappa shape index (κ2) is 19.1. The van der Waals surface area contributed by atoms with Crippen LogP contribution in [0.4, 0.5) is 4.79 Å². The number of ether oxygens (including phenoxy) is 2. The van der Waals surface area contributed by atoms with E-state index in [1.165, 1.54) is 47.3 Å². The molecule has 0 unspecified atom stereocenters. The third-order valence-corrected chi connectivity index (χ3v) is 15.9. The Morgan fingerprint density at radius 3 is 2.54 bits per heavy atom. The minimum absolute atomic E-state index is 0.00425. The number of benzene rings is 1. The fourth-order valence-corrected chi connectivity index (χ4v) is 11.4. The van der Waals surface area contributed by atoms with E-state index in [-0.39, 0.29) is 38.1 Å². The monoisotopic (exact) mass is 933 g/mol. The minimum atomic E-state index is -3.56. The molecule has 352 valence electrons. The highest BCUT2D eigenvalue weighted by Gasteiger charge is 2.44. The summed E-state index contributed by atoms with van der Waals surface area (Å²) in [6.07, 6.45) is 3.09. The molecule has 4 amide bonds. The number of fused-ring (bicyclic) bond motifs is 6. The summed E-state index contributed by atoms with van der Waals surface area (Å²) in [5, 5.41) is 7.22. The Bertz CT molecular complexity index is 2550. The molecule has 6 bridgehead atoms. The highest BCUT2D eigenvalue weighted by atomic mass is 32.2. The van der Waals surface area contributed by atoms with Crippen LogP contribution in [0.25, 0.3) is 33.4 Å². The number of cyclic esters (lactones) is 1. The molecule has 3 aliphatic heterocycles. The number of methoxy groups -OCH3 is 1. The lowest BCUT2D eigenvalue weighted by molar-refractivity contribution is -0.155. The molecule has 0 saturated carbocycles. The van der Waals surface area contributed by atoms with E-state index in [9.17, 15) is 27.6 Å².